The first kappa shape index (κ1) is 17.4. The van der Waals surface area contributed by atoms with E-state index in [9.17, 15) is 4.79 Å². The molecule has 2 atom stereocenters. The van der Waals surface area contributed by atoms with E-state index in [0.717, 1.165) is 31.6 Å². The van der Waals surface area contributed by atoms with E-state index >= 15 is 0 Å². The number of carbonyl (C=O) groups excluding carboxylic acids is 1. The maximum Gasteiger partial charge on any atom is 0.407 e. The van der Waals surface area contributed by atoms with Crippen LogP contribution in [0.1, 0.15) is 40.5 Å². The molecule has 128 valence electrons. The lowest BCUT2D eigenvalue weighted by molar-refractivity contribution is 0.0489. The quantitative estimate of drug-likeness (QED) is 0.895. The van der Waals surface area contributed by atoms with Crippen LogP contribution in [0.4, 0.5) is 16.3 Å². The van der Waals surface area contributed by atoms with Crippen LogP contribution in [-0.4, -0.2) is 35.8 Å². The molecule has 6 nitrogen and oxygen atoms in total. The minimum Gasteiger partial charge on any atom is -0.444 e. The molecule has 23 heavy (non-hydrogen) atoms. The molecule has 1 aliphatic rings. The number of pyridine rings is 1. The van der Waals surface area contributed by atoms with Crippen molar-refractivity contribution in [3.63, 3.8) is 0 Å². The largest absolute Gasteiger partial charge is 0.444 e. The van der Waals surface area contributed by atoms with Crippen molar-refractivity contribution in [2.24, 2.45) is 5.92 Å². The van der Waals surface area contributed by atoms with Gasteiger partial charge in [-0.15, -0.1) is 0 Å². The van der Waals surface area contributed by atoms with E-state index in [1.54, 1.807) is 6.20 Å². The summed E-state index contributed by atoms with van der Waals surface area (Å²) < 4.78 is 5.34. The zero-order valence-electron chi connectivity index (χ0n) is 14.5. The van der Waals surface area contributed by atoms with Gasteiger partial charge in [-0.1, -0.05) is 0 Å². The highest BCUT2D eigenvalue weighted by molar-refractivity contribution is 5.68. The molecule has 1 aromatic rings. The van der Waals surface area contributed by atoms with Crippen LogP contribution >= 0.6 is 0 Å². The Bertz CT molecular complexity index is 542. The predicted molar refractivity (Wildman–Crippen MR) is 92.4 cm³/mol. The molecule has 1 amide bonds. The van der Waals surface area contributed by atoms with Gasteiger partial charge in [0.25, 0.3) is 0 Å². The molecular weight excluding hydrogens is 292 g/mol. The average molecular weight is 320 g/mol. The Morgan fingerprint density at radius 1 is 1.52 bits per heavy atom. The molecular formula is C17H28N4O2. The first-order chi connectivity index (χ1) is 10.8. The number of nitrogen functional groups attached to an aromatic ring is 1. The number of ether oxygens (including phenoxy) is 1. The number of aromatic nitrogens is 1. The first-order valence-corrected chi connectivity index (χ1v) is 8.21. The number of amides is 1. The summed E-state index contributed by atoms with van der Waals surface area (Å²) in [6.07, 6.45) is 3.49. The van der Waals surface area contributed by atoms with Gasteiger partial charge >= 0.3 is 6.09 Å². The summed E-state index contributed by atoms with van der Waals surface area (Å²) in [6, 6.07) is 3.94. The lowest BCUT2D eigenvalue weighted by Crippen LogP contribution is -2.47. The van der Waals surface area contributed by atoms with Crippen molar-refractivity contribution in [1.82, 2.24) is 10.3 Å². The Kier molecular flexibility index (Phi) is 5.34. The molecule has 1 unspecified atom stereocenters. The van der Waals surface area contributed by atoms with Gasteiger partial charge in [-0.25, -0.2) is 9.78 Å². The highest BCUT2D eigenvalue weighted by Gasteiger charge is 2.28. The number of piperidine rings is 1. The minimum absolute atomic E-state index is 0.0468. The minimum atomic E-state index is -0.480. The second kappa shape index (κ2) is 7.06. The van der Waals surface area contributed by atoms with Gasteiger partial charge in [0.05, 0.1) is 5.69 Å². The van der Waals surface area contributed by atoms with Gasteiger partial charge in [0, 0.05) is 25.3 Å². The molecule has 1 aliphatic heterocycles. The van der Waals surface area contributed by atoms with Crippen molar-refractivity contribution in [1.29, 1.82) is 0 Å². The molecule has 0 radical (unpaired) electrons. The molecule has 0 bridgehead atoms. The summed E-state index contributed by atoms with van der Waals surface area (Å²) >= 11 is 0. The number of carbonyl (C=O) groups is 1. The second-order valence-electron chi connectivity index (χ2n) is 7.19. The topological polar surface area (TPSA) is 80.5 Å². The molecule has 0 aliphatic carbocycles. The molecule has 0 aromatic carbocycles. The van der Waals surface area contributed by atoms with E-state index in [2.05, 4.69) is 15.2 Å². The fraction of sp³-hybridized carbons (Fsp3) is 0.647. The van der Waals surface area contributed by atoms with Crippen LogP contribution in [0.3, 0.4) is 0 Å². The maximum absolute atomic E-state index is 11.9. The summed E-state index contributed by atoms with van der Waals surface area (Å²) in [6.45, 7) is 9.45. The zero-order valence-corrected chi connectivity index (χ0v) is 14.5. The molecule has 0 spiro atoms. The molecule has 1 fully saturated rings. The monoisotopic (exact) mass is 320 g/mol. The Labute approximate surface area is 138 Å². The number of hydrogen-bond acceptors (Lipinski definition) is 5. The zero-order chi connectivity index (χ0) is 17.0. The number of hydrogen-bond donors (Lipinski definition) is 2. The summed E-state index contributed by atoms with van der Waals surface area (Å²) in [5.74, 6) is 0.914. The van der Waals surface area contributed by atoms with Crippen LogP contribution < -0.4 is 16.0 Å². The van der Waals surface area contributed by atoms with Gasteiger partial charge in [-0.3, -0.25) is 0 Å². The van der Waals surface area contributed by atoms with Crippen LogP contribution in [0, 0.1) is 5.92 Å². The average Bonchev–Trinajstić information content (AvgIpc) is 2.45. The Hall–Kier alpha value is -1.98. The van der Waals surface area contributed by atoms with E-state index in [1.165, 1.54) is 0 Å². The third-order valence-electron chi connectivity index (χ3n) is 4.07. The van der Waals surface area contributed by atoms with Gasteiger partial charge in [-0.2, -0.15) is 0 Å². The van der Waals surface area contributed by atoms with Crippen molar-refractivity contribution >= 4 is 17.6 Å². The molecule has 1 aromatic heterocycles. The fourth-order valence-corrected chi connectivity index (χ4v) is 2.92. The smallest absolute Gasteiger partial charge is 0.407 e. The van der Waals surface area contributed by atoms with Gasteiger partial charge in [0.1, 0.15) is 11.4 Å². The maximum atomic E-state index is 11.9. The third-order valence-corrected chi connectivity index (χ3v) is 4.07. The standard InChI is InChI=1S/C17H28N4O2/c1-12(20-16(22)23-17(2,3)4)13-7-6-10-21(11-13)14-8-5-9-19-15(14)18/h5,8-9,12-13H,6-7,10-11H2,1-4H3,(H2,18,19)(H,20,22)/t12?,13-/m0/s1. The summed E-state index contributed by atoms with van der Waals surface area (Å²) in [5, 5.41) is 2.96. The number of rotatable bonds is 3. The Morgan fingerprint density at radius 2 is 2.26 bits per heavy atom. The summed E-state index contributed by atoms with van der Waals surface area (Å²) in [5.41, 5.74) is 6.47. The van der Waals surface area contributed by atoms with Gasteiger partial charge in [0.15, 0.2) is 0 Å². The molecule has 6 heteroatoms. The highest BCUT2D eigenvalue weighted by Crippen LogP contribution is 2.28. The van der Waals surface area contributed by atoms with E-state index in [4.69, 9.17) is 10.5 Å². The number of nitrogens with one attached hydrogen (secondary N) is 1. The number of anilines is 2. The number of alkyl carbamates (subject to hydrolysis) is 1. The van der Waals surface area contributed by atoms with Crippen LogP contribution in [0.2, 0.25) is 0 Å². The van der Waals surface area contributed by atoms with Crippen molar-refractivity contribution in [2.75, 3.05) is 23.7 Å². The van der Waals surface area contributed by atoms with Crippen LogP contribution in [-0.2, 0) is 4.74 Å². The van der Waals surface area contributed by atoms with Crippen LogP contribution in [0.15, 0.2) is 18.3 Å². The van der Waals surface area contributed by atoms with Gasteiger partial charge < -0.3 is 20.7 Å². The highest BCUT2D eigenvalue weighted by atomic mass is 16.6. The lowest BCUT2D eigenvalue weighted by Gasteiger charge is -2.37. The molecule has 2 heterocycles. The van der Waals surface area contributed by atoms with E-state index in [0.29, 0.717) is 11.7 Å². The van der Waals surface area contributed by atoms with Crippen LogP contribution in [0.5, 0.6) is 0 Å². The van der Waals surface area contributed by atoms with E-state index in [-0.39, 0.29) is 12.1 Å². The molecule has 1 saturated heterocycles. The van der Waals surface area contributed by atoms with Gasteiger partial charge in [0.2, 0.25) is 0 Å². The van der Waals surface area contributed by atoms with E-state index < -0.39 is 5.60 Å². The Morgan fingerprint density at radius 3 is 2.91 bits per heavy atom. The fourth-order valence-electron chi connectivity index (χ4n) is 2.92. The molecule has 3 N–H and O–H groups in total. The predicted octanol–water partition coefficient (Wildman–Crippen LogP) is 2.79. The molecule has 0 saturated carbocycles. The summed E-state index contributed by atoms with van der Waals surface area (Å²) in [7, 11) is 0. The Balaban J connectivity index is 1.95. The molecule has 2 rings (SSSR count). The van der Waals surface area contributed by atoms with Crippen molar-refractivity contribution in [2.45, 2.75) is 52.2 Å². The van der Waals surface area contributed by atoms with Crippen molar-refractivity contribution in [3.05, 3.63) is 18.3 Å². The lowest BCUT2D eigenvalue weighted by atomic mass is 9.91. The summed E-state index contributed by atoms with van der Waals surface area (Å²) in [4.78, 5) is 18.4. The van der Waals surface area contributed by atoms with Crippen molar-refractivity contribution < 1.29 is 9.53 Å². The SMILES string of the molecule is CC(NC(=O)OC(C)(C)C)[C@H]1CCCN(c2cccnc2N)C1. The van der Waals surface area contributed by atoms with Crippen LogP contribution in [0.25, 0.3) is 0 Å². The normalized spacial score (nSPS) is 20.0. The number of nitrogens with two attached hydrogens (primary N) is 1. The van der Waals surface area contributed by atoms with Crippen molar-refractivity contribution in [3.8, 4) is 0 Å². The number of nitrogens with zero attached hydrogens (tertiary/aromatic N) is 2. The second-order valence-corrected chi connectivity index (χ2v) is 7.19. The third kappa shape index (κ3) is 5.01. The van der Waals surface area contributed by atoms with E-state index in [1.807, 2.05) is 39.8 Å². The van der Waals surface area contributed by atoms with Gasteiger partial charge in [-0.05, 0) is 58.6 Å². The first-order valence-electron chi connectivity index (χ1n) is 8.21.